The molecule has 204 valence electrons. The van der Waals surface area contributed by atoms with Gasteiger partial charge in [0.15, 0.2) is 0 Å². The van der Waals surface area contributed by atoms with Crippen LogP contribution < -0.4 is 10.6 Å². The van der Waals surface area contributed by atoms with Gasteiger partial charge in [-0.2, -0.15) is 10.4 Å². The summed E-state index contributed by atoms with van der Waals surface area (Å²) in [7, 11) is 3.42. The van der Waals surface area contributed by atoms with Crippen LogP contribution in [0, 0.1) is 11.3 Å². The molecule has 9 heteroatoms. The zero-order valence-electron chi connectivity index (χ0n) is 22.9. The Morgan fingerprint density at radius 3 is 2.35 bits per heavy atom. The van der Waals surface area contributed by atoms with E-state index in [0.717, 1.165) is 22.3 Å². The number of likely N-dealkylation sites (N-methyl/N-ethyl adjacent to an activating group) is 1. The minimum Gasteiger partial charge on any atom is -0.347 e. The van der Waals surface area contributed by atoms with E-state index < -0.39 is 5.92 Å². The van der Waals surface area contributed by atoms with Crippen LogP contribution in [0.5, 0.6) is 0 Å². The van der Waals surface area contributed by atoms with Crippen molar-refractivity contribution in [3.05, 3.63) is 102 Å². The number of nitrogens with one attached hydrogen (secondary N) is 2. The highest BCUT2D eigenvalue weighted by atomic mass is 16.2. The van der Waals surface area contributed by atoms with Crippen LogP contribution >= 0.6 is 0 Å². The first-order valence-corrected chi connectivity index (χ1v) is 13.1. The highest BCUT2D eigenvalue weighted by molar-refractivity contribution is 5.95. The second-order valence-corrected chi connectivity index (χ2v) is 9.89. The third kappa shape index (κ3) is 7.40. The van der Waals surface area contributed by atoms with Gasteiger partial charge in [-0.1, -0.05) is 49.4 Å². The number of amides is 2. The van der Waals surface area contributed by atoms with Gasteiger partial charge in [-0.25, -0.2) is 4.98 Å². The topological polar surface area (TPSA) is 116 Å². The fraction of sp³-hybridized carbons (Fsp3) is 0.258. The smallest absolute Gasteiger partial charge is 0.243 e. The standard InChI is InChI=1S/C31H33N7O2/c1-22(24-11-9-23(15-32)10-12-24)16-33-19-28(25-7-5-4-6-8-25)31(40)36-29-14-13-26(17-34-29)27-18-35-38(20-27)21-30(39)37(2)3/h4-14,17-18,20,22,28,33H,16,19,21H2,1-3H3,(H,34,36,40)/t22-,28?/m1/s1. The van der Waals surface area contributed by atoms with E-state index in [4.69, 9.17) is 5.26 Å². The molecule has 1 unspecified atom stereocenters. The van der Waals surface area contributed by atoms with Gasteiger partial charge in [-0.05, 0) is 41.3 Å². The van der Waals surface area contributed by atoms with E-state index in [0.29, 0.717) is 24.5 Å². The molecule has 0 aliphatic carbocycles. The molecule has 0 radical (unpaired) electrons. The fourth-order valence-electron chi connectivity index (χ4n) is 4.23. The SMILES string of the molecule is C[C@H](CNCC(C(=O)Nc1ccc(-c2cnn(CC(=O)N(C)C)c2)cn1)c1ccccc1)c1ccc(C#N)cc1. The highest BCUT2D eigenvalue weighted by Gasteiger charge is 2.21. The molecule has 0 aliphatic rings. The minimum atomic E-state index is -0.414. The molecule has 4 aromatic rings. The molecule has 2 atom stereocenters. The lowest BCUT2D eigenvalue weighted by molar-refractivity contribution is -0.129. The van der Waals surface area contributed by atoms with Crippen LogP contribution in [-0.4, -0.2) is 58.7 Å². The quantitative estimate of drug-likeness (QED) is 0.300. The van der Waals surface area contributed by atoms with Gasteiger partial charge >= 0.3 is 0 Å². The summed E-state index contributed by atoms with van der Waals surface area (Å²) in [6.45, 7) is 3.42. The summed E-state index contributed by atoms with van der Waals surface area (Å²) in [4.78, 5) is 31.3. The average Bonchev–Trinajstić information content (AvgIpc) is 3.44. The lowest BCUT2D eigenvalue weighted by Gasteiger charge is -2.20. The Labute approximate surface area is 234 Å². The molecule has 0 saturated carbocycles. The van der Waals surface area contributed by atoms with E-state index in [9.17, 15) is 9.59 Å². The summed E-state index contributed by atoms with van der Waals surface area (Å²) in [6, 6.07) is 23.0. The van der Waals surface area contributed by atoms with Crippen molar-refractivity contribution in [2.24, 2.45) is 0 Å². The number of aromatic nitrogens is 3. The van der Waals surface area contributed by atoms with Crippen molar-refractivity contribution in [1.82, 2.24) is 25.0 Å². The summed E-state index contributed by atoms with van der Waals surface area (Å²) < 4.78 is 1.59. The van der Waals surface area contributed by atoms with Crippen LogP contribution in [0.2, 0.25) is 0 Å². The number of anilines is 1. The van der Waals surface area contributed by atoms with Crippen LogP contribution in [0.25, 0.3) is 11.1 Å². The van der Waals surface area contributed by atoms with Crippen LogP contribution in [0.3, 0.4) is 0 Å². The van der Waals surface area contributed by atoms with E-state index in [2.05, 4.69) is 33.7 Å². The van der Waals surface area contributed by atoms with Crippen molar-refractivity contribution in [3.63, 3.8) is 0 Å². The summed E-state index contributed by atoms with van der Waals surface area (Å²) in [6.07, 6.45) is 5.17. The first-order valence-electron chi connectivity index (χ1n) is 13.1. The molecule has 0 bridgehead atoms. The van der Waals surface area contributed by atoms with Crippen LogP contribution in [0.15, 0.2) is 85.3 Å². The third-order valence-corrected chi connectivity index (χ3v) is 6.70. The summed E-state index contributed by atoms with van der Waals surface area (Å²) in [5.74, 6) is 0.0583. The Morgan fingerprint density at radius 2 is 1.70 bits per heavy atom. The minimum absolute atomic E-state index is 0.0444. The fourth-order valence-corrected chi connectivity index (χ4v) is 4.23. The van der Waals surface area contributed by atoms with Gasteiger partial charge in [-0.15, -0.1) is 0 Å². The Balaban J connectivity index is 1.38. The summed E-state index contributed by atoms with van der Waals surface area (Å²) in [5.41, 5.74) is 4.35. The number of pyridine rings is 1. The molecule has 9 nitrogen and oxygen atoms in total. The summed E-state index contributed by atoms with van der Waals surface area (Å²) in [5, 5.41) is 19.7. The second kappa shape index (κ2) is 13.3. The lowest BCUT2D eigenvalue weighted by Crippen LogP contribution is -2.32. The molecule has 0 saturated heterocycles. The number of nitriles is 1. The van der Waals surface area contributed by atoms with Gasteiger partial charge in [-0.3, -0.25) is 14.3 Å². The number of rotatable bonds is 11. The number of nitrogens with zero attached hydrogens (tertiary/aromatic N) is 5. The summed E-state index contributed by atoms with van der Waals surface area (Å²) >= 11 is 0. The number of hydrogen-bond acceptors (Lipinski definition) is 6. The molecule has 2 aromatic heterocycles. The monoisotopic (exact) mass is 535 g/mol. The van der Waals surface area contributed by atoms with Crippen molar-refractivity contribution >= 4 is 17.6 Å². The molecule has 2 heterocycles. The van der Waals surface area contributed by atoms with E-state index in [-0.39, 0.29) is 24.3 Å². The first kappa shape index (κ1) is 28.2. The van der Waals surface area contributed by atoms with Crippen molar-refractivity contribution < 1.29 is 9.59 Å². The van der Waals surface area contributed by atoms with E-state index in [1.165, 1.54) is 4.90 Å². The first-order chi connectivity index (χ1) is 19.3. The molecule has 0 aliphatic heterocycles. The zero-order valence-corrected chi connectivity index (χ0v) is 22.9. The Morgan fingerprint density at radius 1 is 0.950 bits per heavy atom. The molecule has 2 amide bonds. The second-order valence-electron chi connectivity index (χ2n) is 9.89. The van der Waals surface area contributed by atoms with Crippen molar-refractivity contribution in [3.8, 4) is 17.2 Å². The van der Waals surface area contributed by atoms with E-state index in [1.54, 1.807) is 43.4 Å². The zero-order chi connectivity index (χ0) is 28.5. The van der Waals surface area contributed by atoms with E-state index >= 15 is 0 Å². The van der Waals surface area contributed by atoms with Gasteiger partial charge in [0.1, 0.15) is 12.4 Å². The molecule has 0 fully saturated rings. The maximum atomic E-state index is 13.4. The molecule has 0 spiro atoms. The predicted molar refractivity (Wildman–Crippen MR) is 154 cm³/mol. The molecular formula is C31H33N7O2. The number of benzene rings is 2. The number of hydrogen-bond donors (Lipinski definition) is 2. The molecular weight excluding hydrogens is 502 g/mol. The van der Waals surface area contributed by atoms with Crippen LogP contribution in [0.4, 0.5) is 5.82 Å². The molecule has 4 rings (SSSR count). The normalized spacial score (nSPS) is 12.2. The Kier molecular flexibility index (Phi) is 9.39. The van der Waals surface area contributed by atoms with Gasteiger partial charge < -0.3 is 15.5 Å². The number of carbonyl (C=O) groups is 2. The highest BCUT2D eigenvalue weighted by Crippen LogP contribution is 2.22. The molecule has 40 heavy (non-hydrogen) atoms. The van der Waals surface area contributed by atoms with E-state index in [1.807, 2.05) is 60.7 Å². The van der Waals surface area contributed by atoms with Gasteiger partial charge in [0.2, 0.25) is 11.8 Å². The molecule has 2 N–H and O–H groups in total. The lowest BCUT2D eigenvalue weighted by atomic mass is 9.96. The van der Waals surface area contributed by atoms with Crippen LogP contribution in [-0.2, 0) is 16.1 Å². The van der Waals surface area contributed by atoms with Gasteiger partial charge in [0.25, 0.3) is 0 Å². The molecule has 2 aromatic carbocycles. The average molecular weight is 536 g/mol. The van der Waals surface area contributed by atoms with Gasteiger partial charge in [0.05, 0.1) is 23.7 Å². The maximum absolute atomic E-state index is 13.4. The van der Waals surface area contributed by atoms with Crippen molar-refractivity contribution in [2.45, 2.75) is 25.3 Å². The van der Waals surface area contributed by atoms with Crippen molar-refractivity contribution in [2.75, 3.05) is 32.5 Å². The Bertz CT molecular complexity index is 1460. The third-order valence-electron chi connectivity index (χ3n) is 6.70. The number of carbonyl (C=O) groups excluding carboxylic acids is 2. The maximum Gasteiger partial charge on any atom is 0.243 e. The van der Waals surface area contributed by atoms with Crippen molar-refractivity contribution in [1.29, 1.82) is 5.26 Å². The largest absolute Gasteiger partial charge is 0.347 e. The Hall–Kier alpha value is -4.81. The predicted octanol–water partition coefficient (Wildman–Crippen LogP) is 4.02. The van der Waals surface area contributed by atoms with Gasteiger partial charge in [0, 0.05) is 50.7 Å². The van der Waals surface area contributed by atoms with Crippen LogP contribution in [0.1, 0.15) is 35.4 Å².